The number of aliphatic hydroxyl groups is 1. The number of hydrogen-bond acceptors (Lipinski definition) is 2. The number of fused-ring (bicyclic) bond motifs is 1. The van der Waals surface area contributed by atoms with Gasteiger partial charge in [0.05, 0.1) is 29.8 Å². The van der Waals surface area contributed by atoms with Gasteiger partial charge in [-0.15, -0.1) is 0 Å². The van der Waals surface area contributed by atoms with Crippen LogP contribution in [0.1, 0.15) is 78.8 Å². The van der Waals surface area contributed by atoms with Gasteiger partial charge in [0.25, 0.3) is 0 Å². The fourth-order valence-corrected chi connectivity index (χ4v) is 5.00. The molecule has 1 atom stereocenters. The lowest BCUT2D eigenvalue weighted by molar-refractivity contribution is 0.0754. The van der Waals surface area contributed by atoms with Crippen LogP contribution in [0.5, 0.6) is 0 Å². The summed E-state index contributed by atoms with van der Waals surface area (Å²) in [7, 11) is 0. The fourth-order valence-electron chi connectivity index (χ4n) is 5.00. The smallest absolute Gasteiger partial charge is 0.0995 e. The monoisotopic (exact) mass is 360 g/mol. The van der Waals surface area contributed by atoms with Crippen LogP contribution < -0.4 is 0 Å². The van der Waals surface area contributed by atoms with E-state index in [9.17, 15) is 5.11 Å². The van der Waals surface area contributed by atoms with Gasteiger partial charge in [0.1, 0.15) is 0 Å². The van der Waals surface area contributed by atoms with Crippen LogP contribution in [0.2, 0.25) is 0 Å². The van der Waals surface area contributed by atoms with E-state index in [4.69, 9.17) is 0 Å². The van der Waals surface area contributed by atoms with Gasteiger partial charge in [-0.2, -0.15) is 0 Å². The normalized spacial score (nSPS) is 24.2. The molecule has 2 aliphatic rings. The van der Waals surface area contributed by atoms with Gasteiger partial charge in [0, 0.05) is 0 Å². The molecule has 0 saturated heterocycles. The number of imidazole rings is 1. The maximum atomic E-state index is 11.4. The summed E-state index contributed by atoms with van der Waals surface area (Å²) in [5.74, 6) is 1.61. The molecule has 0 bridgehead atoms. The lowest BCUT2D eigenvalue weighted by atomic mass is 9.75. The summed E-state index contributed by atoms with van der Waals surface area (Å²) < 4.78 is 2.13. The van der Waals surface area contributed by atoms with Crippen molar-refractivity contribution in [1.29, 1.82) is 0 Å². The van der Waals surface area contributed by atoms with E-state index >= 15 is 0 Å². The van der Waals surface area contributed by atoms with Crippen molar-refractivity contribution >= 4 is 5.52 Å². The van der Waals surface area contributed by atoms with E-state index in [1.165, 1.54) is 42.4 Å². The molecule has 3 heteroatoms. The molecule has 1 N–H and O–H groups in total. The van der Waals surface area contributed by atoms with E-state index in [-0.39, 0.29) is 0 Å². The molecule has 0 radical (unpaired) electrons. The fraction of sp³-hybridized carbons (Fsp3) is 0.458. The molecule has 2 heterocycles. The van der Waals surface area contributed by atoms with E-state index in [2.05, 4.69) is 52.7 Å². The summed E-state index contributed by atoms with van der Waals surface area (Å²) in [6, 6.07) is 13.3. The summed E-state index contributed by atoms with van der Waals surface area (Å²) in [4.78, 5) is 4.32. The third-order valence-electron chi connectivity index (χ3n) is 6.69. The first kappa shape index (κ1) is 17.0. The van der Waals surface area contributed by atoms with Crippen molar-refractivity contribution in [3.05, 3.63) is 71.3 Å². The lowest BCUT2D eigenvalue weighted by Gasteiger charge is -2.33. The number of rotatable bonds is 4. The van der Waals surface area contributed by atoms with Crippen molar-refractivity contribution in [2.24, 2.45) is 5.92 Å². The van der Waals surface area contributed by atoms with Gasteiger partial charge in [-0.25, -0.2) is 4.98 Å². The van der Waals surface area contributed by atoms with Gasteiger partial charge in [-0.05, 0) is 80.4 Å². The average molecular weight is 361 g/mol. The predicted octanol–water partition coefficient (Wildman–Crippen LogP) is 5.53. The highest BCUT2D eigenvalue weighted by atomic mass is 16.3. The SMILES string of the molecule is Cc1cccc(C2CCC(C(O)c3c(C4CC4)ccc4cncn34)CC2)c1. The highest BCUT2D eigenvalue weighted by molar-refractivity contribution is 5.50. The second-order valence-corrected chi connectivity index (χ2v) is 8.61. The van der Waals surface area contributed by atoms with Crippen molar-refractivity contribution in [2.75, 3.05) is 0 Å². The van der Waals surface area contributed by atoms with Crippen LogP contribution in [0.4, 0.5) is 0 Å². The Labute approximate surface area is 161 Å². The molecule has 2 aromatic heterocycles. The third-order valence-corrected chi connectivity index (χ3v) is 6.69. The number of benzene rings is 1. The van der Waals surface area contributed by atoms with Gasteiger partial charge in [0.2, 0.25) is 0 Å². The Bertz CT molecular complexity index is 948. The second kappa shape index (κ2) is 6.79. The Morgan fingerprint density at radius 3 is 2.52 bits per heavy atom. The first-order valence-electron chi connectivity index (χ1n) is 10.4. The molecule has 3 aromatic rings. The van der Waals surface area contributed by atoms with E-state index in [1.54, 1.807) is 0 Å². The number of nitrogens with zero attached hydrogens (tertiary/aromatic N) is 2. The Morgan fingerprint density at radius 1 is 1.00 bits per heavy atom. The van der Waals surface area contributed by atoms with Gasteiger partial charge in [-0.3, -0.25) is 0 Å². The molecule has 2 fully saturated rings. The molecule has 0 aliphatic heterocycles. The molecule has 0 spiro atoms. The Balaban J connectivity index is 1.38. The Kier molecular flexibility index (Phi) is 4.28. The van der Waals surface area contributed by atoms with Crippen LogP contribution in [-0.4, -0.2) is 14.5 Å². The molecular formula is C24H28N2O. The van der Waals surface area contributed by atoms with Crippen molar-refractivity contribution in [1.82, 2.24) is 9.38 Å². The standard InChI is InChI=1S/C24H28N2O/c1-16-3-2-4-20(13-16)17-5-9-19(10-6-17)24(27)23-22(18-7-8-18)12-11-21-14-25-15-26(21)23/h2-4,11-15,17-19,24,27H,5-10H2,1H3. The van der Waals surface area contributed by atoms with Crippen LogP contribution in [0, 0.1) is 12.8 Å². The maximum Gasteiger partial charge on any atom is 0.0995 e. The van der Waals surface area contributed by atoms with Crippen LogP contribution >= 0.6 is 0 Å². The number of aryl methyl sites for hydroxylation is 1. The van der Waals surface area contributed by atoms with Crippen LogP contribution in [0.25, 0.3) is 5.52 Å². The summed E-state index contributed by atoms with van der Waals surface area (Å²) in [5.41, 5.74) is 6.34. The Morgan fingerprint density at radius 2 is 1.78 bits per heavy atom. The lowest BCUT2D eigenvalue weighted by Crippen LogP contribution is -2.22. The van der Waals surface area contributed by atoms with E-state index in [0.29, 0.717) is 17.8 Å². The van der Waals surface area contributed by atoms with Gasteiger partial charge in [0.15, 0.2) is 0 Å². The number of pyridine rings is 1. The minimum atomic E-state index is -0.392. The molecular weight excluding hydrogens is 332 g/mol. The van der Waals surface area contributed by atoms with Gasteiger partial charge >= 0.3 is 0 Å². The zero-order valence-corrected chi connectivity index (χ0v) is 16.0. The molecule has 2 saturated carbocycles. The van der Waals surface area contributed by atoms with E-state index in [0.717, 1.165) is 24.1 Å². The third kappa shape index (κ3) is 3.19. The number of hydrogen-bond donors (Lipinski definition) is 1. The van der Waals surface area contributed by atoms with Gasteiger partial charge < -0.3 is 9.51 Å². The topological polar surface area (TPSA) is 37.5 Å². The largest absolute Gasteiger partial charge is 0.387 e. The number of aliphatic hydroxyl groups excluding tert-OH is 1. The van der Waals surface area contributed by atoms with Crippen molar-refractivity contribution in [2.45, 2.75) is 63.4 Å². The summed E-state index contributed by atoms with van der Waals surface area (Å²) in [5, 5.41) is 11.4. The molecule has 140 valence electrons. The van der Waals surface area contributed by atoms with E-state index < -0.39 is 6.10 Å². The highest BCUT2D eigenvalue weighted by Gasteiger charge is 2.34. The van der Waals surface area contributed by atoms with E-state index in [1.807, 2.05) is 12.5 Å². The van der Waals surface area contributed by atoms with Crippen LogP contribution in [-0.2, 0) is 0 Å². The van der Waals surface area contributed by atoms with Crippen LogP contribution in [0.3, 0.4) is 0 Å². The second-order valence-electron chi connectivity index (χ2n) is 8.61. The first-order valence-corrected chi connectivity index (χ1v) is 10.4. The minimum Gasteiger partial charge on any atom is -0.387 e. The minimum absolute atomic E-state index is 0.344. The van der Waals surface area contributed by atoms with Crippen molar-refractivity contribution in [3.63, 3.8) is 0 Å². The zero-order chi connectivity index (χ0) is 18.4. The average Bonchev–Trinajstić information content (AvgIpc) is 3.43. The molecule has 0 amide bonds. The number of aromatic nitrogens is 2. The maximum absolute atomic E-state index is 11.4. The van der Waals surface area contributed by atoms with Crippen LogP contribution in [0.15, 0.2) is 48.9 Å². The summed E-state index contributed by atoms with van der Waals surface area (Å²) >= 11 is 0. The first-order chi connectivity index (χ1) is 13.2. The highest BCUT2D eigenvalue weighted by Crippen LogP contribution is 2.47. The van der Waals surface area contributed by atoms with Crippen molar-refractivity contribution < 1.29 is 5.11 Å². The predicted molar refractivity (Wildman–Crippen MR) is 108 cm³/mol. The quantitative estimate of drug-likeness (QED) is 0.664. The van der Waals surface area contributed by atoms with Gasteiger partial charge in [-0.1, -0.05) is 35.9 Å². The molecule has 1 aromatic carbocycles. The molecule has 2 aliphatic carbocycles. The molecule has 1 unspecified atom stereocenters. The molecule has 27 heavy (non-hydrogen) atoms. The van der Waals surface area contributed by atoms with Crippen molar-refractivity contribution in [3.8, 4) is 0 Å². The summed E-state index contributed by atoms with van der Waals surface area (Å²) in [6.07, 6.45) is 10.4. The molecule has 3 nitrogen and oxygen atoms in total. The Hall–Kier alpha value is -2.13. The molecule has 5 rings (SSSR count). The summed E-state index contributed by atoms with van der Waals surface area (Å²) in [6.45, 7) is 2.17. The zero-order valence-electron chi connectivity index (χ0n) is 16.0.